The molecule has 1 aromatic heterocycles. The van der Waals surface area contributed by atoms with Crippen LogP contribution in [0, 0.1) is 11.7 Å². The second kappa shape index (κ2) is 5.64. The number of rotatable bonds is 1. The van der Waals surface area contributed by atoms with Crippen LogP contribution in [0.1, 0.15) is 12.8 Å². The molecule has 1 N–H and O–H groups in total. The van der Waals surface area contributed by atoms with Gasteiger partial charge in [0.05, 0.1) is 6.54 Å². The van der Waals surface area contributed by atoms with Gasteiger partial charge in [-0.15, -0.1) is 0 Å². The van der Waals surface area contributed by atoms with Crippen LogP contribution in [0.2, 0.25) is 0 Å². The van der Waals surface area contributed by atoms with Crippen molar-refractivity contribution in [2.45, 2.75) is 18.4 Å². The summed E-state index contributed by atoms with van der Waals surface area (Å²) in [6, 6.07) is 5.33. The minimum atomic E-state index is -0.271. The molecule has 2 aromatic rings. The third-order valence-electron chi connectivity index (χ3n) is 5.64. The number of aliphatic imine (C=N–C) groups is 1. The number of fused-ring (bicyclic) bond motifs is 3. The molecule has 0 radical (unpaired) electrons. The summed E-state index contributed by atoms with van der Waals surface area (Å²) in [5.41, 5.74) is -0.191. The van der Waals surface area contributed by atoms with Gasteiger partial charge < -0.3 is 4.74 Å². The highest BCUT2D eigenvalue weighted by atomic mass is 79.9. The highest BCUT2D eigenvalue weighted by Crippen LogP contribution is 2.41. The zero-order valence-corrected chi connectivity index (χ0v) is 15.2. The Morgan fingerprint density at radius 2 is 2.12 bits per heavy atom. The number of nitrogens with zero attached hydrogens (tertiary/aromatic N) is 3. The zero-order valence-electron chi connectivity index (χ0n) is 13.6. The van der Waals surface area contributed by atoms with Gasteiger partial charge in [0.15, 0.2) is 0 Å². The number of halogens is 2. The van der Waals surface area contributed by atoms with Crippen LogP contribution in [0.3, 0.4) is 0 Å². The number of benzene rings is 1. The first-order chi connectivity index (χ1) is 12.1. The summed E-state index contributed by atoms with van der Waals surface area (Å²) < 4.78 is 21.2. The monoisotopic (exact) mass is 404 g/mol. The van der Waals surface area contributed by atoms with Gasteiger partial charge in [-0.3, -0.25) is 10.2 Å². The number of aromatic nitrogens is 1. The van der Waals surface area contributed by atoms with Crippen molar-refractivity contribution >= 4 is 38.5 Å². The lowest BCUT2D eigenvalue weighted by atomic mass is 9.75. The fourth-order valence-corrected chi connectivity index (χ4v) is 4.74. The average molecular weight is 405 g/mol. The van der Waals surface area contributed by atoms with Gasteiger partial charge in [0.25, 0.3) is 6.02 Å². The second-order valence-corrected chi connectivity index (χ2v) is 7.96. The number of hydrogen-bond donors (Lipinski definition) is 1. The molecule has 4 aliphatic heterocycles. The molecule has 6 rings (SSSR count). The number of hydrogen-bond acceptors (Lipinski definition) is 5. The van der Waals surface area contributed by atoms with Crippen LogP contribution in [0.15, 0.2) is 33.9 Å². The van der Waals surface area contributed by atoms with Crippen LogP contribution in [0.5, 0.6) is 0 Å². The maximum atomic E-state index is 14.1. The van der Waals surface area contributed by atoms with Crippen molar-refractivity contribution in [2.24, 2.45) is 10.9 Å². The predicted octanol–water partition coefficient (Wildman–Crippen LogP) is 3.40. The molecule has 1 unspecified atom stereocenters. The minimum Gasteiger partial charge on any atom is -0.455 e. The Morgan fingerprint density at radius 3 is 2.88 bits per heavy atom. The summed E-state index contributed by atoms with van der Waals surface area (Å²) in [7, 11) is 0. The van der Waals surface area contributed by atoms with Gasteiger partial charge in [-0.2, -0.15) is 0 Å². The van der Waals surface area contributed by atoms with E-state index in [1.165, 1.54) is 32.0 Å². The Hall–Kier alpha value is -1.73. The Morgan fingerprint density at radius 1 is 1.28 bits per heavy atom. The quantitative estimate of drug-likeness (QED) is 0.791. The van der Waals surface area contributed by atoms with Crippen molar-refractivity contribution in [3.05, 3.63) is 34.7 Å². The topological polar surface area (TPSA) is 49.8 Å². The summed E-state index contributed by atoms with van der Waals surface area (Å²) in [5, 5.41) is 4.39. The van der Waals surface area contributed by atoms with Gasteiger partial charge in [0.1, 0.15) is 17.2 Å². The molecule has 7 heteroatoms. The molecule has 1 aromatic carbocycles. The molecule has 3 fully saturated rings. The van der Waals surface area contributed by atoms with Crippen molar-refractivity contribution in [2.75, 3.05) is 31.5 Å². The standard InChI is InChI=1S/C18H18BrFN4O/c19-14-1-2-15(20)12-7-16(21-8-13(12)14)23-17-22-9-18(25-17)10-24-5-3-11(18)4-6-24/h1-2,7-8,11H,3-6,9-10H2,(H,21,22,23). The van der Waals surface area contributed by atoms with E-state index < -0.39 is 0 Å². The lowest BCUT2D eigenvalue weighted by Gasteiger charge is -2.50. The van der Waals surface area contributed by atoms with Gasteiger partial charge in [-0.1, -0.05) is 15.9 Å². The van der Waals surface area contributed by atoms with Gasteiger partial charge in [0, 0.05) is 33.9 Å². The van der Waals surface area contributed by atoms with Crippen LogP contribution in [-0.4, -0.2) is 47.7 Å². The first kappa shape index (κ1) is 15.5. The van der Waals surface area contributed by atoms with Gasteiger partial charge >= 0.3 is 0 Å². The van der Waals surface area contributed by atoms with Crippen molar-refractivity contribution < 1.29 is 9.13 Å². The fourth-order valence-electron chi connectivity index (χ4n) is 4.29. The highest BCUT2D eigenvalue weighted by molar-refractivity contribution is 9.10. The zero-order chi connectivity index (χ0) is 17.0. The largest absolute Gasteiger partial charge is 0.455 e. The summed E-state index contributed by atoms with van der Waals surface area (Å²) in [5.74, 6) is 0.840. The number of anilines is 1. The van der Waals surface area contributed by atoms with Gasteiger partial charge in [-0.25, -0.2) is 14.4 Å². The Balaban J connectivity index is 1.38. The maximum Gasteiger partial charge on any atom is 0.291 e. The molecular formula is C18H18BrFN4O. The Kier molecular flexibility index (Phi) is 3.50. The normalized spacial score (nSPS) is 30.6. The van der Waals surface area contributed by atoms with E-state index >= 15 is 0 Å². The predicted molar refractivity (Wildman–Crippen MR) is 98.3 cm³/mol. The van der Waals surface area contributed by atoms with Crippen molar-refractivity contribution in [1.29, 1.82) is 0 Å². The first-order valence-electron chi connectivity index (χ1n) is 8.60. The van der Waals surface area contributed by atoms with Crippen LogP contribution in [0.4, 0.5) is 10.2 Å². The molecule has 3 saturated heterocycles. The van der Waals surface area contributed by atoms with E-state index in [4.69, 9.17) is 4.74 Å². The summed E-state index contributed by atoms with van der Waals surface area (Å²) >= 11 is 3.43. The van der Waals surface area contributed by atoms with E-state index in [2.05, 4.69) is 36.1 Å². The third-order valence-corrected chi connectivity index (χ3v) is 6.33. The minimum absolute atomic E-state index is 0.191. The van der Waals surface area contributed by atoms with E-state index in [-0.39, 0.29) is 11.4 Å². The van der Waals surface area contributed by atoms with E-state index in [9.17, 15) is 4.39 Å². The maximum absolute atomic E-state index is 14.1. The lowest BCUT2D eigenvalue weighted by molar-refractivity contribution is -0.0829. The van der Waals surface area contributed by atoms with E-state index in [0.29, 0.717) is 29.7 Å². The second-order valence-electron chi connectivity index (χ2n) is 7.11. The first-order valence-corrected chi connectivity index (χ1v) is 9.39. The van der Waals surface area contributed by atoms with E-state index in [1.54, 1.807) is 18.3 Å². The number of amidine groups is 1. The summed E-state index contributed by atoms with van der Waals surface area (Å²) in [6.07, 6.45) is 4.01. The summed E-state index contributed by atoms with van der Waals surface area (Å²) in [6.45, 7) is 3.96. The number of piperidine rings is 3. The molecular weight excluding hydrogens is 387 g/mol. The third kappa shape index (κ3) is 2.52. The van der Waals surface area contributed by atoms with E-state index in [0.717, 1.165) is 16.4 Å². The SMILES string of the molecule is Fc1ccc(Br)c2cnc(NC3=NCC4(CN5CCC4CC5)O3)cc12. The molecule has 1 spiro atoms. The molecule has 4 aliphatic rings. The van der Waals surface area contributed by atoms with Crippen LogP contribution in [0.25, 0.3) is 10.8 Å². The average Bonchev–Trinajstić information content (AvgIpc) is 3.01. The molecule has 0 amide bonds. The Bertz CT molecular complexity index is 881. The molecule has 0 saturated carbocycles. The summed E-state index contributed by atoms with van der Waals surface area (Å²) in [4.78, 5) is 11.4. The molecule has 0 aliphatic carbocycles. The number of ether oxygens (including phenoxy) is 1. The molecule has 5 heterocycles. The molecule has 5 nitrogen and oxygen atoms in total. The fraction of sp³-hybridized carbons (Fsp3) is 0.444. The molecule has 2 bridgehead atoms. The van der Waals surface area contributed by atoms with Gasteiger partial charge in [-0.05, 0) is 44.1 Å². The van der Waals surface area contributed by atoms with Crippen molar-refractivity contribution in [3.63, 3.8) is 0 Å². The van der Waals surface area contributed by atoms with E-state index in [1.807, 2.05) is 0 Å². The van der Waals surface area contributed by atoms with Crippen LogP contribution in [-0.2, 0) is 4.74 Å². The van der Waals surface area contributed by atoms with Gasteiger partial charge in [0.2, 0.25) is 0 Å². The van der Waals surface area contributed by atoms with Crippen molar-refractivity contribution in [3.8, 4) is 0 Å². The van der Waals surface area contributed by atoms with Crippen LogP contribution >= 0.6 is 15.9 Å². The number of pyridine rings is 1. The smallest absolute Gasteiger partial charge is 0.291 e. The lowest BCUT2D eigenvalue weighted by Crippen LogP contribution is -2.61. The Labute approximate surface area is 153 Å². The van der Waals surface area contributed by atoms with Crippen molar-refractivity contribution in [1.82, 2.24) is 9.88 Å². The molecule has 25 heavy (non-hydrogen) atoms. The highest BCUT2D eigenvalue weighted by Gasteiger charge is 2.51. The number of nitrogens with one attached hydrogen (secondary N) is 1. The molecule has 130 valence electrons. The van der Waals surface area contributed by atoms with Crippen LogP contribution < -0.4 is 5.32 Å². The molecule has 1 atom stereocenters.